The number of rotatable bonds is 8. The SMILES string of the molecule is COc1ccccc1NC(=O)c1ccc(NC(=O)COc2ccccc2C=O)cc1. The smallest absolute Gasteiger partial charge is 0.262 e. The molecular weight excluding hydrogens is 384 g/mol. The Morgan fingerprint density at radius 3 is 2.23 bits per heavy atom. The molecule has 0 bridgehead atoms. The molecule has 3 rings (SSSR count). The number of hydrogen-bond acceptors (Lipinski definition) is 5. The van der Waals surface area contributed by atoms with E-state index in [-0.39, 0.29) is 18.4 Å². The van der Waals surface area contributed by atoms with Crippen LogP contribution >= 0.6 is 0 Å². The van der Waals surface area contributed by atoms with Crippen molar-refractivity contribution in [3.8, 4) is 11.5 Å². The lowest BCUT2D eigenvalue weighted by Gasteiger charge is -2.11. The van der Waals surface area contributed by atoms with Gasteiger partial charge < -0.3 is 20.1 Å². The molecule has 0 heterocycles. The lowest BCUT2D eigenvalue weighted by atomic mass is 10.2. The van der Waals surface area contributed by atoms with E-state index in [2.05, 4.69) is 10.6 Å². The zero-order valence-corrected chi connectivity index (χ0v) is 16.3. The van der Waals surface area contributed by atoms with E-state index < -0.39 is 0 Å². The van der Waals surface area contributed by atoms with Crippen molar-refractivity contribution in [2.24, 2.45) is 0 Å². The Hall–Kier alpha value is -4.13. The number of anilines is 2. The summed E-state index contributed by atoms with van der Waals surface area (Å²) < 4.78 is 10.6. The van der Waals surface area contributed by atoms with Crippen molar-refractivity contribution in [1.82, 2.24) is 0 Å². The molecule has 3 aromatic carbocycles. The summed E-state index contributed by atoms with van der Waals surface area (Å²) in [6, 6.07) is 20.2. The number of nitrogens with one attached hydrogen (secondary N) is 2. The molecule has 7 heteroatoms. The van der Waals surface area contributed by atoms with Crippen molar-refractivity contribution in [2.45, 2.75) is 0 Å². The summed E-state index contributed by atoms with van der Waals surface area (Å²) in [5, 5.41) is 5.47. The zero-order valence-electron chi connectivity index (χ0n) is 16.3. The van der Waals surface area contributed by atoms with Crippen LogP contribution in [-0.4, -0.2) is 31.8 Å². The van der Waals surface area contributed by atoms with Gasteiger partial charge >= 0.3 is 0 Å². The highest BCUT2D eigenvalue weighted by atomic mass is 16.5. The van der Waals surface area contributed by atoms with Crippen molar-refractivity contribution in [2.75, 3.05) is 24.4 Å². The summed E-state index contributed by atoms with van der Waals surface area (Å²) in [7, 11) is 1.53. The molecule has 7 nitrogen and oxygen atoms in total. The Morgan fingerprint density at radius 1 is 0.867 bits per heavy atom. The third-order valence-corrected chi connectivity index (χ3v) is 4.19. The number of methoxy groups -OCH3 is 1. The normalized spacial score (nSPS) is 10.0. The minimum atomic E-state index is -0.387. The molecule has 0 aliphatic rings. The predicted octanol–water partition coefficient (Wildman–Crippen LogP) is 3.78. The van der Waals surface area contributed by atoms with Crippen LogP contribution in [0.1, 0.15) is 20.7 Å². The van der Waals surface area contributed by atoms with Gasteiger partial charge in [0.15, 0.2) is 12.9 Å². The van der Waals surface area contributed by atoms with Gasteiger partial charge in [-0.05, 0) is 48.5 Å². The maximum Gasteiger partial charge on any atom is 0.262 e. The number of ether oxygens (including phenoxy) is 2. The Bertz CT molecular complexity index is 1050. The molecule has 3 aromatic rings. The standard InChI is InChI=1S/C23H20N2O5/c1-29-21-9-5-3-7-19(21)25-23(28)16-10-12-18(13-11-16)24-22(27)15-30-20-8-4-2-6-17(20)14-26/h2-14H,15H2,1H3,(H,24,27)(H,25,28). The number of benzene rings is 3. The zero-order chi connectivity index (χ0) is 21.3. The molecule has 0 radical (unpaired) electrons. The molecule has 0 saturated heterocycles. The highest BCUT2D eigenvalue weighted by Gasteiger charge is 2.11. The van der Waals surface area contributed by atoms with Gasteiger partial charge in [0, 0.05) is 11.3 Å². The van der Waals surface area contributed by atoms with Crippen LogP contribution in [0.5, 0.6) is 11.5 Å². The Kier molecular flexibility index (Phi) is 6.78. The number of carbonyl (C=O) groups is 3. The fraction of sp³-hybridized carbons (Fsp3) is 0.0870. The van der Waals surface area contributed by atoms with Crippen LogP contribution in [0.15, 0.2) is 72.8 Å². The molecule has 30 heavy (non-hydrogen) atoms. The summed E-state index contributed by atoms with van der Waals surface area (Å²) in [6.45, 7) is -0.249. The van der Waals surface area contributed by atoms with Crippen LogP contribution in [0.2, 0.25) is 0 Å². The molecule has 0 atom stereocenters. The Balaban J connectivity index is 1.56. The van der Waals surface area contributed by atoms with E-state index in [4.69, 9.17) is 9.47 Å². The molecule has 2 amide bonds. The molecule has 0 aromatic heterocycles. The van der Waals surface area contributed by atoms with Gasteiger partial charge in [-0.25, -0.2) is 0 Å². The molecular formula is C23H20N2O5. The first-order chi connectivity index (χ1) is 14.6. The van der Waals surface area contributed by atoms with Gasteiger partial charge in [0.05, 0.1) is 18.4 Å². The minimum absolute atomic E-state index is 0.249. The first kappa shape index (κ1) is 20.6. The van der Waals surface area contributed by atoms with Gasteiger partial charge in [0.1, 0.15) is 11.5 Å². The molecule has 0 unspecified atom stereocenters. The topological polar surface area (TPSA) is 93.7 Å². The van der Waals surface area contributed by atoms with E-state index >= 15 is 0 Å². The van der Waals surface area contributed by atoms with E-state index in [0.29, 0.717) is 40.3 Å². The monoisotopic (exact) mass is 404 g/mol. The largest absolute Gasteiger partial charge is 0.495 e. The van der Waals surface area contributed by atoms with Crippen molar-refractivity contribution < 1.29 is 23.9 Å². The number of carbonyl (C=O) groups excluding carboxylic acids is 3. The van der Waals surface area contributed by atoms with Crippen LogP contribution in [0.3, 0.4) is 0 Å². The van der Waals surface area contributed by atoms with Gasteiger partial charge in [-0.3, -0.25) is 14.4 Å². The minimum Gasteiger partial charge on any atom is -0.495 e. The van der Waals surface area contributed by atoms with Crippen LogP contribution in [0.25, 0.3) is 0 Å². The quantitative estimate of drug-likeness (QED) is 0.558. The first-order valence-corrected chi connectivity index (χ1v) is 9.12. The lowest BCUT2D eigenvalue weighted by molar-refractivity contribution is -0.118. The Morgan fingerprint density at radius 2 is 1.53 bits per heavy atom. The molecule has 0 spiro atoms. The van der Waals surface area contributed by atoms with Crippen molar-refractivity contribution in [3.05, 3.63) is 83.9 Å². The third kappa shape index (κ3) is 5.23. The number of aldehydes is 1. The summed E-state index contributed by atoms with van der Waals surface area (Å²) in [5.74, 6) is 0.213. The Labute approximate surface area is 173 Å². The van der Waals surface area contributed by atoms with Crippen LogP contribution in [-0.2, 0) is 4.79 Å². The van der Waals surface area contributed by atoms with Crippen LogP contribution in [0, 0.1) is 0 Å². The molecule has 2 N–H and O–H groups in total. The maximum absolute atomic E-state index is 12.4. The number of hydrogen-bond donors (Lipinski definition) is 2. The second-order valence-corrected chi connectivity index (χ2v) is 6.22. The maximum atomic E-state index is 12.4. The summed E-state index contributed by atoms with van der Waals surface area (Å²) in [4.78, 5) is 35.5. The lowest BCUT2D eigenvalue weighted by Crippen LogP contribution is -2.20. The van der Waals surface area contributed by atoms with E-state index in [0.717, 1.165) is 0 Å². The van der Waals surface area contributed by atoms with Crippen LogP contribution in [0.4, 0.5) is 11.4 Å². The van der Waals surface area contributed by atoms with Crippen molar-refractivity contribution in [3.63, 3.8) is 0 Å². The summed E-state index contributed by atoms with van der Waals surface area (Å²) in [6.07, 6.45) is 0.669. The van der Waals surface area contributed by atoms with Gasteiger partial charge in [-0.2, -0.15) is 0 Å². The van der Waals surface area contributed by atoms with Gasteiger partial charge in [0.25, 0.3) is 11.8 Å². The van der Waals surface area contributed by atoms with Crippen LogP contribution < -0.4 is 20.1 Å². The third-order valence-electron chi connectivity index (χ3n) is 4.19. The molecule has 152 valence electrons. The highest BCUT2D eigenvalue weighted by Crippen LogP contribution is 2.24. The van der Waals surface area contributed by atoms with E-state index in [1.165, 1.54) is 7.11 Å². The second kappa shape index (κ2) is 9.88. The fourth-order valence-corrected chi connectivity index (χ4v) is 2.70. The predicted molar refractivity (Wildman–Crippen MR) is 113 cm³/mol. The molecule has 0 fully saturated rings. The summed E-state index contributed by atoms with van der Waals surface area (Å²) in [5.41, 5.74) is 1.88. The van der Waals surface area contributed by atoms with Crippen molar-refractivity contribution >= 4 is 29.5 Å². The van der Waals surface area contributed by atoms with Crippen molar-refractivity contribution in [1.29, 1.82) is 0 Å². The molecule has 0 aliphatic carbocycles. The van der Waals surface area contributed by atoms with E-state index in [1.807, 2.05) is 6.07 Å². The highest BCUT2D eigenvalue weighted by molar-refractivity contribution is 6.05. The average molecular weight is 404 g/mol. The number of para-hydroxylation sites is 3. The number of amides is 2. The van der Waals surface area contributed by atoms with Gasteiger partial charge in [0.2, 0.25) is 0 Å². The van der Waals surface area contributed by atoms with E-state index in [1.54, 1.807) is 66.7 Å². The summed E-state index contributed by atoms with van der Waals surface area (Å²) >= 11 is 0. The molecule has 0 aliphatic heterocycles. The van der Waals surface area contributed by atoms with E-state index in [9.17, 15) is 14.4 Å². The van der Waals surface area contributed by atoms with Gasteiger partial charge in [-0.1, -0.05) is 24.3 Å². The first-order valence-electron chi connectivity index (χ1n) is 9.12. The molecule has 0 saturated carbocycles. The second-order valence-electron chi connectivity index (χ2n) is 6.22. The van der Waals surface area contributed by atoms with Gasteiger partial charge in [-0.15, -0.1) is 0 Å². The average Bonchev–Trinajstić information content (AvgIpc) is 2.78. The fourth-order valence-electron chi connectivity index (χ4n) is 2.70.